The highest BCUT2D eigenvalue weighted by molar-refractivity contribution is 5.75. The Morgan fingerprint density at radius 1 is 1.11 bits per heavy atom. The third-order valence-electron chi connectivity index (χ3n) is 3.80. The molecule has 1 heterocycles. The summed E-state index contributed by atoms with van der Waals surface area (Å²) < 4.78 is 49.5. The molecule has 0 aliphatic heterocycles. The number of benzene rings is 1. The van der Waals surface area contributed by atoms with Crippen LogP contribution in [0.5, 0.6) is 11.5 Å². The summed E-state index contributed by atoms with van der Waals surface area (Å²) in [5, 5.41) is 0. The number of hydrogen-bond donors (Lipinski definition) is 0. The van der Waals surface area contributed by atoms with Crippen LogP contribution in [-0.4, -0.2) is 42.7 Å². The van der Waals surface area contributed by atoms with E-state index in [1.807, 2.05) is 0 Å². The van der Waals surface area contributed by atoms with Gasteiger partial charge in [-0.2, -0.15) is 13.2 Å². The molecule has 2 rings (SSSR count). The second-order valence-electron chi connectivity index (χ2n) is 5.72. The first-order chi connectivity index (χ1) is 12.7. The number of alkyl halides is 3. The van der Waals surface area contributed by atoms with Crippen molar-refractivity contribution >= 4 is 5.91 Å². The van der Waals surface area contributed by atoms with E-state index in [1.165, 1.54) is 11.9 Å². The maximum absolute atomic E-state index is 12.7. The summed E-state index contributed by atoms with van der Waals surface area (Å²) in [4.78, 5) is 25.2. The normalized spacial score (nSPS) is 11.1. The second kappa shape index (κ2) is 8.61. The number of likely N-dealkylation sites (N-methyl/N-ethyl adjacent to an activating group) is 1. The molecule has 0 unspecified atom stereocenters. The van der Waals surface area contributed by atoms with Gasteiger partial charge in [-0.25, -0.2) is 0 Å². The third kappa shape index (κ3) is 5.77. The van der Waals surface area contributed by atoms with Crippen LogP contribution >= 0.6 is 0 Å². The molecule has 0 saturated heterocycles. The molecular weight excluding hydrogens is 365 g/mol. The minimum Gasteiger partial charge on any atom is -0.497 e. The molecule has 1 amide bonds. The van der Waals surface area contributed by atoms with Crippen molar-refractivity contribution in [2.45, 2.75) is 12.7 Å². The van der Waals surface area contributed by atoms with E-state index < -0.39 is 29.8 Å². The van der Waals surface area contributed by atoms with Gasteiger partial charge in [-0.1, -0.05) is 0 Å². The molecule has 1 aromatic carbocycles. The maximum atomic E-state index is 12.7. The SMILES string of the molecule is COc1ccc(OCCN(C)C(=O)Cn2cc(C(F)(F)F)ccc2=O)cc1. The zero-order valence-corrected chi connectivity index (χ0v) is 14.8. The number of pyridine rings is 1. The van der Waals surface area contributed by atoms with Gasteiger partial charge in [-0.3, -0.25) is 9.59 Å². The van der Waals surface area contributed by atoms with E-state index >= 15 is 0 Å². The van der Waals surface area contributed by atoms with Gasteiger partial charge in [-0.15, -0.1) is 0 Å². The Morgan fingerprint density at radius 2 is 1.74 bits per heavy atom. The van der Waals surface area contributed by atoms with Gasteiger partial charge in [0.25, 0.3) is 5.56 Å². The van der Waals surface area contributed by atoms with Gasteiger partial charge in [-0.05, 0) is 30.3 Å². The van der Waals surface area contributed by atoms with Gasteiger partial charge in [0.15, 0.2) is 0 Å². The highest BCUT2D eigenvalue weighted by Gasteiger charge is 2.31. The number of rotatable bonds is 7. The van der Waals surface area contributed by atoms with Crippen molar-refractivity contribution in [2.75, 3.05) is 27.3 Å². The van der Waals surface area contributed by atoms with Crippen LogP contribution in [-0.2, 0) is 17.5 Å². The van der Waals surface area contributed by atoms with Crippen molar-refractivity contribution in [1.82, 2.24) is 9.47 Å². The van der Waals surface area contributed by atoms with Crippen LogP contribution in [0.2, 0.25) is 0 Å². The van der Waals surface area contributed by atoms with Gasteiger partial charge >= 0.3 is 6.18 Å². The lowest BCUT2D eigenvalue weighted by Crippen LogP contribution is -2.36. The Labute approximate surface area is 153 Å². The molecular formula is C18H19F3N2O4. The summed E-state index contributed by atoms with van der Waals surface area (Å²) in [6, 6.07) is 8.36. The van der Waals surface area contributed by atoms with Crippen LogP contribution in [0.3, 0.4) is 0 Å². The molecule has 0 fully saturated rings. The van der Waals surface area contributed by atoms with E-state index in [4.69, 9.17) is 9.47 Å². The van der Waals surface area contributed by atoms with Crippen LogP contribution in [0.1, 0.15) is 5.56 Å². The molecule has 27 heavy (non-hydrogen) atoms. The van der Waals surface area contributed by atoms with Crippen molar-refractivity contribution in [3.05, 3.63) is 58.5 Å². The van der Waals surface area contributed by atoms with Crippen molar-refractivity contribution in [3.8, 4) is 11.5 Å². The quantitative estimate of drug-likeness (QED) is 0.736. The fraction of sp³-hybridized carbons (Fsp3) is 0.333. The summed E-state index contributed by atoms with van der Waals surface area (Å²) in [5.74, 6) is 0.765. The van der Waals surface area contributed by atoms with Gasteiger partial charge < -0.3 is 18.9 Å². The van der Waals surface area contributed by atoms with Gasteiger partial charge in [0.05, 0.1) is 19.2 Å². The zero-order chi connectivity index (χ0) is 20.0. The number of methoxy groups -OCH3 is 1. The smallest absolute Gasteiger partial charge is 0.417 e. The van der Waals surface area contributed by atoms with Gasteiger partial charge in [0, 0.05) is 19.3 Å². The van der Waals surface area contributed by atoms with Crippen molar-refractivity contribution in [3.63, 3.8) is 0 Å². The molecule has 0 saturated carbocycles. The Balaban J connectivity index is 1.90. The highest BCUT2D eigenvalue weighted by Crippen LogP contribution is 2.28. The molecule has 2 aromatic rings. The fourth-order valence-corrected chi connectivity index (χ4v) is 2.19. The maximum Gasteiger partial charge on any atom is 0.417 e. The van der Waals surface area contributed by atoms with Crippen molar-refractivity contribution in [1.29, 1.82) is 0 Å². The lowest BCUT2D eigenvalue weighted by atomic mass is 10.2. The number of ether oxygens (including phenoxy) is 2. The van der Waals surface area contributed by atoms with E-state index in [0.29, 0.717) is 23.8 Å². The standard InChI is InChI=1S/C18H19F3N2O4/c1-22(9-10-27-15-6-4-14(26-2)5-7-15)17(25)12-23-11-13(18(19,20)21)3-8-16(23)24/h3-8,11H,9-10,12H2,1-2H3. The second-order valence-corrected chi connectivity index (χ2v) is 5.72. The zero-order valence-electron chi connectivity index (χ0n) is 14.8. The summed E-state index contributed by atoms with van der Waals surface area (Å²) in [6.07, 6.45) is -3.95. The molecule has 0 atom stereocenters. The average Bonchev–Trinajstić information content (AvgIpc) is 2.63. The topological polar surface area (TPSA) is 60.8 Å². The first kappa shape index (κ1) is 20.3. The monoisotopic (exact) mass is 384 g/mol. The molecule has 9 heteroatoms. The summed E-state index contributed by atoms with van der Waals surface area (Å²) in [7, 11) is 3.03. The number of carbonyl (C=O) groups excluding carboxylic acids is 1. The minimum atomic E-state index is -4.59. The molecule has 0 aliphatic carbocycles. The fourth-order valence-electron chi connectivity index (χ4n) is 2.19. The largest absolute Gasteiger partial charge is 0.497 e. The average molecular weight is 384 g/mol. The number of hydrogen-bond acceptors (Lipinski definition) is 4. The molecule has 0 N–H and O–H groups in total. The lowest BCUT2D eigenvalue weighted by Gasteiger charge is -2.18. The van der Waals surface area contributed by atoms with Crippen LogP contribution in [0.15, 0.2) is 47.4 Å². The van der Waals surface area contributed by atoms with Crippen LogP contribution in [0.25, 0.3) is 0 Å². The first-order valence-electron chi connectivity index (χ1n) is 7.99. The third-order valence-corrected chi connectivity index (χ3v) is 3.80. The number of halogens is 3. The minimum absolute atomic E-state index is 0.187. The number of amides is 1. The van der Waals surface area contributed by atoms with E-state index in [2.05, 4.69) is 0 Å². The Bertz CT molecular complexity index is 832. The van der Waals surface area contributed by atoms with E-state index in [-0.39, 0.29) is 13.2 Å². The van der Waals surface area contributed by atoms with E-state index in [0.717, 1.165) is 10.6 Å². The Kier molecular flexibility index (Phi) is 6.49. The van der Waals surface area contributed by atoms with Gasteiger partial charge in [0.2, 0.25) is 5.91 Å². The molecule has 146 valence electrons. The van der Waals surface area contributed by atoms with Gasteiger partial charge in [0.1, 0.15) is 24.7 Å². The van der Waals surface area contributed by atoms with Crippen LogP contribution < -0.4 is 15.0 Å². The lowest BCUT2D eigenvalue weighted by molar-refractivity contribution is -0.138. The predicted molar refractivity (Wildman–Crippen MR) is 91.8 cm³/mol. The molecule has 1 aromatic heterocycles. The van der Waals surface area contributed by atoms with Crippen molar-refractivity contribution in [2.24, 2.45) is 0 Å². The Morgan fingerprint density at radius 3 is 2.33 bits per heavy atom. The van der Waals surface area contributed by atoms with Crippen molar-refractivity contribution < 1.29 is 27.4 Å². The Hall–Kier alpha value is -2.97. The molecule has 6 nitrogen and oxygen atoms in total. The van der Waals surface area contributed by atoms with E-state index in [1.54, 1.807) is 31.4 Å². The molecule has 0 aliphatic rings. The van der Waals surface area contributed by atoms with E-state index in [9.17, 15) is 22.8 Å². The number of aromatic nitrogens is 1. The number of carbonyl (C=O) groups is 1. The van der Waals surface area contributed by atoms with Crippen LogP contribution in [0, 0.1) is 0 Å². The summed E-state index contributed by atoms with van der Waals surface area (Å²) in [5.41, 5.74) is -1.67. The predicted octanol–water partition coefficient (Wildman–Crippen LogP) is 2.41. The first-order valence-corrected chi connectivity index (χ1v) is 7.99. The van der Waals surface area contributed by atoms with Crippen LogP contribution in [0.4, 0.5) is 13.2 Å². The summed E-state index contributed by atoms with van der Waals surface area (Å²) >= 11 is 0. The molecule has 0 spiro atoms. The summed E-state index contributed by atoms with van der Waals surface area (Å²) in [6.45, 7) is -0.0909. The molecule has 0 radical (unpaired) electrons. The highest BCUT2D eigenvalue weighted by atomic mass is 19.4. The molecule has 0 bridgehead atoms. The number of nitrogens with zero attached hydrogens (tertiary/aromatic N) is 2.